The molecule has 0 spiro atoms. The van der Waals surface area contributed by atoms with Crippen molar-refractivity contribution in [2.75, 3.05) is 0 Å². The van der Waals surface area contributed by atoms with Crippen molar-refractivity contribution >= 4 is 22.9 Å². The number of hydrogen-bond donors (Lipinski definition) is 1. The Morgan fingerprint density at radius 3 is 2.79 bits per heavy atom. The van der Waals surface area contributed by atoms with Gasteiger partial charge in [0, 0.05) is 17.5 Å². The molecule has 0 aliphatic heterocycles. The molecule has 102 valence electrons. The van der Waals surface area contributed by atoms with Crippen LogP contribution in [-0.2, 0) is 6.54 Å². The Labute approximate surface area is 121 Å². The third-order valence-corrected chi connectivity index (χ3v) is 4.64. The highest BCUT2D eigenvalue weighted by atomic mass is 35.5. The van der Waals surface area contributed by atoms with Crippen LogP contribution in [0.3, 0.4) is 0 Å². The minimum atomic E-state index is -0.376. The normalized spacial score (nSPS) is 12.7. The van der Waals surface area contributed by atoms with Gasteiger partial charge in [0.15, 0.2) is 0 Å². The largest absolute Gasteiger partial charge is 0.305 e. The molecule has 0 aliphatic carbocycles. The average Bonchev–Trinajstić information content (AvgIpc) is 2.70. The van der Waals surface area contributed by atoms with Gasteiger partial charge in [0.05, 0.1) is 15.7 Å². The zero-order chi connectivity index (χ0) is 14.0. The lowest BCUT2D eigenvalue weighted by Crippen LogP contribution is -2.18. The van der Waals surface area contributed by atoms with Crippen LogP contribution in [0, 0.1) is 19.7 Å². The number of nitrogens with one attached hydrogen (secondary N) is 1. The maximum atomic E-state index is 13.3. The van der Waals surface area contributed by atoms with E-state index in [1.807, 2.05) is 19.9 Å². The molecule has 0 bridgehead atoms. The molecule has 0 radical (unpaired) electrons. The molecular weight excluding hydrogens is 283 g/mol. The van der Waals surface area contributed by atoms with Gasteiger partial charge < -0.3 is 5.32 Å². The van der Waals surface area contributed by atoms with Gasteiger partial charge in [-0.05, 0) is 32.4 Å². The van der Waals surface area contributed by atoms with Gasteiger partial charge in [-0.3, -0.25) is 0 Å². The predicted octanol–water partition coefficient (Wildman–Crippen LogP) is 4.40. The van der Waals surface area contributed by atoms with Crippen LogP contribution in [0.4, 0.5) is 4.39 Å². The van der Waals surface area contributed by atoms with E-state index in [1.165, 1.54) is 10.9 Å². The summed E-state index contributed by atoms with van der Waals surface area (Å²) in [5, 5.41) is 4.61. The van der Waals surface area contributed by atoms with Crippen LogP contribution in [0.25, 0.3) is 0 Å². The predicted molar refractivity (Wildman–Crippen MR) is 78.3 cm³/mol. The van der Waals surface area contributed by atoms with Crippen molar-refractivity contribution in [3.05, 3.63) is 50.2 Å². The van der Waals surface area contributed by atoms with Crippen LogP contribution in [-0.4, -0.2) is 4.98 Å². The molecule has 1 unspecified atom stereocenters. The van der Waals surface area contributed by atoms with Crippen molar-refractivity contribution in [3.8, 4) is 0 Å². The molecule has 2 nitrogen and oxygen atoms in total. The summed E-state index contributed by atoms with van der Waals surface area (Å²) in [6.45, 7) is 6.62. The molecule has 1 aromatic carbocycles. The van der Waals surface area contributed by atoms with E-state index < -0.39 is 0 Å². The molecule has 1 N–H and O–H groups in total. The van der Waals surface area contributed by atoms with Crippen LogP contribution in [0.1, 0.15) is 34.1 Å². The highest BCUT2D eigenvalue weighted by Gasteiger charge is 2.13. The van der Waals surface area contributed by atoms with Crippen molar-refractivity contribution in [2.45, 2.75) is 33.4 Å². The van der Waals surface area contributed by atoms with Crippen LogP contribution in [0.5, 0.6) is 0 Å². The van der Waals surface area contributed by atoms with E-state index >= 15 is 0 Å². The van der Waals surface area contributed by atoms with E-state index in [0.717, 1.165) is 16.3 Å². The molecule has 0 saturated carbocycles. The topological polar surface area (TPSA) is 24.9 Å². The maximum absolute atomic E-state index is 13.3. The number of rotatable bonds is 4. The lowest BCUT2D eigenvalue weighted by atomic mass is 10.2. The van der Waals surface area contributed by atoms with Gasteiger partial charge in [-0.1, -0.05) is 23.7 Å². The minimum Gasteiger partial charge on any atom is -0.305 e. The van der Waals surface area contributed by atoms with Crippen LogP contribution in [0.2, 0.25) is 5.02 Å². The fraction of sp³-hybridized carbons (Fsp3) is 0.357. The van der Waals surface area contributed by atoms with E-state index in [2.05, 4.69) is 17.2 Å². The number of aryl methyl sites for hydroxylation is 2. The third kappa shape index (κ3) is 3.32. The average molecular weight is 299 g/mol. The van der Waals surface area contributed by atoms with Crippen molar-refractivity contribution in [2.24, 2.45) is 0 Å². The SMILES string of the molecule is Cc1nc(C)c(C(C)NCc2cccc(F)c2Cl)s1. The van der Waals surface area contributed by atoms with Gasteiger partial charge in [-0.2, -0.15) is 0 Å². The summed E-state index contributed by atoms with van der Waals surface area (Å²) < 4.78 is 13.3. The molecule has 0 aliphatic rings. The molecule has 0 saturated heterocycles. The van der Waals surface area contributed by atoms with E-state index in [1.54, 1.807) is 17.4 Å². The fourth-order valence-corrected chi connectivity index (χ4v) is 3.14. The second-order valence-corrected chi connectivity index (χ2v) is 6.11. The Bertz CT molecular complexity index is 583. The van der Waals surface area contributed by atoms with Gasteiger partial charge in [-0.25, -0.2) is 9.37 Å². The summed E-state index contributed by atoms with van der Waals surface area (Å²) >= 11 is 7.62. The Kier molecular flexibility index (Phi) is 4.55. The van der Waals surface area contributed by atoms with Gasteiger partial charge >= 0.3 is 0 Å². The first-order valence-electron chi connectivity index (χ1n) is 6.09. The van der Waals surface area contributed by atoms with E-state index in [0.29, 0.717) is 6.54 Å². The van der Waals surface area contributed by atoms with E-state index in [-0.39, 0.29) is 16.9 Å². The summed E-state index contributed by atoms with van der Waals surface area (Å²) in [4.78, 5) is 5.62. The summed E-state index contributed by atoms with van der Waals surface area (Å²) in [5.41, 5.74) is 1.82. The smallest absolute Gasteiger partial charge is 0.142 e. The molecule has 1 aromatic heterocycles. The van der Waals surface area contributed by atoms with Crippen LogP contribution >= 0.6 is 22.9 Å². The van der Waals surface area contributed by atoms with Crippen LogP contribution < -0.4 is 5.32 Å². The molecule has 19 heavy (non-hydrogen) atoms. The second-order valence-electron chi connectivity index (χ2n) is 4.50. The van der Waals surface area contributed by atoms with Crippen molar-refractivity contribution < 1.29 is 4.39 Å². The minimum absolute atomic E-state index is 0.172. The first-order chi connectivity index (χ1) is 8.99. The molecule has 0 fully saturated rings. The zero-order valence-electron chi connectivity index (χ0n) is 11.1. The number of aromatic nitrogens is 1. The Morgan fingerprint density at radius 1 is 1.42 bits per heavy atom. The maximum Gasteiger partial charge on any atom is 0.142 e. The van der Waals surface area contributed by atoms with E-state index in [4.69, 9.17) is 11.6 Å². The van der Waals surface area contributed by atoms with Gasteiger partial charge in [-0.15, -0.1) is 11.3 Å². The van der Waals surface area contributed by atoms with Gasteiger partial charge in [0.1, 0.15) is 5.82 Å². The Morgan fingerprint density at radius 2 is 2.16 bits per heavy atom. The molecule has 2 rings (SSSR count). The highest BCUT2D eigenvalue weighted by molar-refractivity contribution is 7.11. The third-order valence-electron chi connectivity index (χ3n) is 2.96. The molecular formula is C14H16ClFN2S. The molecule has 5 heteroatoms. The van der Waals surface area contributed by atoms with Gasteiger partial charge in [0.25, 0.3) is 0 Å². The molecule has 1 atom stereocenters. The van der Waals surface area contributed by atoms with Crippen molar-refractivity contribution in [3.63, 3.8) is 0 Å². The quantitative estimate of drug-likeness (QED) is 0.905. The summed E-state index contributed by atoms with van der Waals surface area (Å²) in [6, 6.07) is 5.04. The number of nitrogens with zero attached hydrogens (tertiary/aromatic N) is 1. The number of benzene rings is 1. The van der Waals surface area contributed by atoms with E-state index in [9.17, 15) is 4.39 Å². The van der Waals surface area contributed by atoms with Crippen LogP contribution in [0.15, 0.2) is 18.2 Å². The molecule has 0 amide bonds. The first kappa shape index (κ1) is 14.4. The monoisotopic (exact) mass is 298 g/mol. The number of thiazole rings is 1. The zero-order valence-corrected chi connectivity index (χ0v) is 12.7. The lowest BCUT2D eigenvalue weighted by Gasteiger charge is -2.13. The summed E-state index contributed by atoms with van der Waals surface area (Å²) in [7, 11) is 0. The second kappa shape index (κ2) is 5.99. The van der Waals surface area contributed by atoms with Gasteiger partial charge in [0.2, 0.25) is 0 Å². The van der Waals surface area contributed by atoms with Crippen molar-refractivity contribution in [1.82, 2.24) is 10.3 Å². The summed E-state index contributed by atoms with van der Waals surface area (Å²) in [5.74, 6) is -0.376. The highest BCUT2D eigenvalue weighted by Crippen LogP contribution is 2.25. The summed E-state index contributed by atoms with van der Waals surface area (Å²) in [6.07, 6.45) is 0. The molecule has 2 aromatic rings. The number of halogens is 2. The molecule has 1 heterocycles. The van der Waals surface area contributed by atoms with Crippen molar-refractivity contribution in [1.29, 1.82) is 0 Å². The standard InChI is InChI=1S/C14H16ClFN2S/c1-8(14-9(2)18-10(3)19-14)17-7-11-5-4-6-12(16)13(11)15/h4-6,8,17H,7H2,1-3H3. The Balaban J connectivity index is 2.06. The lowest BCUT2D eigenvalue weighted by molar-refractivity contribution is 0.573. The number of hydrogen-bond acceptors (Lipinski definition) is 3. The first-order valence-corrected chi connectivity index (χ1v) is 7.28. The Hall–Kier alpha value is -0.970. The fourth-order valence-electron chi connectivity index (χ4n) is 1.99.